The Morgan fingerprint density at radius 3 is 2.07 bits per heavy atom. The Hall–Kier alpha value is -4.28. The molecule has 0 spiro atoms. The van der Waals surface area contributed by atoms with E-state index in [0.717, 1.165) is 0 Å². The zero-order chi connectivity index (χ0) is 20.8. The fourth-order valence-corrected chi connectivity index (χ4v) is 2.49. The van der Waals surface area contributed by atoms with Gasteiger partial charge in [0.1, 0.15) is 0 Å². The Bertz CT molecular complexity index is 1030. The largest absolute Gasteiger partial charge is 0.383 e. The van der Waals surface area contributed by atoms with Crippen LogP contribution in [0.4, 0.5) is 17.1 Å². The monoisotopic (exact) mass is 396 g/mol. The average Bonchev–Trinajstić information content (AvgIpc) is 3.22. The molecule has 2 aromatic carbocycles. The molecule has 2 N–H and O–H groups in total. The first kappa shape index (κ1) is 19.5. The molecule has 0 atom stereocenters. The highest BCUT2D eigenvalue weighted by atomic mass is 16.6. The zero-order valence-corrected chi connectivity index (χ0v) is 15.0. The number of amides is 1. The van der Waals surface area contributed by atoms with Crippen molar-refractivity contribution in [1.82, 2.24) is 15.1 Å². The number of non-ortho nitro benzene ring substituents is 2. The number of nitro groups is 2. The van der Waals surface area contributed by atoms with E-state index in [4.69, 9.17) is 0 Å². The van der Waals surface area contributed by atoms with Crippen LogP contribution in [0.2, 0.25) is 0 Å². The van der Waals surface area contributed by atoms with Gasteiger partial charge in [-0.1, -0.05) is 0 Å². The molecule has 3 aromatic rings. The van der Waals surface area contributed by atoms with Crippen LogP contribution in [0.3, 0.4) is 0 Å². The van der Waals surface area contributed by atoms with Crippen molar-refractivity contribution in [3.05, 3.63) is 86.7 Å². The number of hydrogen-bond acceptors (Lipinski definition) is 7. The highest BCUT2D eigenvalue weighted by molar-refractivity contribution is 5.92. The quantitative estimate of drug-likeness (QED) is 0.338. The fourth-order valence-electron chi connectivity index (χ4n) is 2.49. The molecule has 3 rings (SSSR count). The molecule has 1 amide bonds. The third-order valence-electron chi connectivity index (χ3n) is 3.96. The van der Waals surface area contributed by atoms with Gasteiger partial charge >= 0.3 is 0 Å². The Kier molecular flexibility index (Phi) is 5.78. The van der Waals surface area contributed by atoms with Crippen LogP contribution in [-0.2, 0) is 0 Å². The predicted molar refractivity (Wildman–Crippen MR) is 104 cm³/mol. The lowest BCUT2D eigenvalue weighted by Crippen LogP contribution is -2.29. The summed E-state index contributed by atoms with van der Waals surface area (Å²) in [5.41, 5.74) is 1.48. The molecule has 0 saturated carbocycles. The van der Waals surface area contributed by atoms with Gasteiger partial charge in [0.2, 0.25) is 0 Å². The Morgan fingerprint density at radius 2 is 1.48 bits per heavy atom. The van der Waals surface area contributed by atoms with E-state index in [-0.39, 0.29) is 23.0 Å². The molecule has 0 aliphatic carbocycles. The van der Waals surface area contributed by atoms with Crippen LogP contribution in [0.25, 0.3) is 5.69 Å². The lowest BCUT2D eigenvalue weighted by atomic mass is 10.3. The van der Waals surface area contributed by atoms with E-state index in [1.807, 2.05) is 0 Å². The number of hydrogen-bond donors (Lipinski definition) is 2. The van der Waals surface area contributed by atoms with Gasteiger partial charge in [-0.3, -0.25) is 25.0 Å². The lowest BCUT2D eigenvalue weighted by molar-refractivity contribution is -0.385. The first-order valence-electron chi connectivity index (χ1n) is 8.51. The number of carbonyl (C=O) groups is 1. The van der Waals surface area contributed by atoms with Crippen LogP contribution in [-0.4, -0.2) is 38.6 Å². The highest BCUT2D eigenvalue weighted by Crippen LogP contribution is 2.16. The minimum Gasteiger partial charge on any atom is -0.383 e. The van der Waals surface area contributed by atoms with Crippen molar-refractivity contribution in [1.29, 1.82) is 0 Å². The van der Waals surface area contributed by atoms with E-state index in [0.29, 0.717) is 24.5 Å². The van der Waals surface area contributed by atoms with E-state index in [1.54, 1.807) is 36.5 Å². The van der Waals surface area contributed by atoms with Crippen molar-refractivity contribution < 1.29 is 14.6 Å². The van der Waals surface area contributed by atoms with Gasteiger partial charge in [-0.05, 0) is 30.3 Å². The molecule has 1 heterocycles. The molecule has 29 heavy (non-hydrogen) atoms. The lowest BCUT2D eigenvalue weighted by Gasteiger charge is -2.07. The van der Waals surface area contributed by atoms with Crippen molar-refractivity contribution in [2.45, 2.75) is 0 Å². The van der Waals surface area contributed by atoms with Crippen molar-refractivity contribution >= 4 is 23.0 Å². The predicted octanol–water partition coefficient (Wildman–Crippen LogP) is 2.53. The first-order chi connectivity index (χ1) is 13.9. The molecule has 1 aromatic heterocycles. The third kappa shape index (κ3) is 4.91. The van der Waals surface area contributed by atoms with Crippen molar-refractivity contribution in [2.75, 3.05) is 18.4 Å². The number of nitrogens with one attached hydrogen (secondary N) is 2. The van der Waals surface area contributed by atoms with Crippen LogP contribution in [0.1, 0.15) is 10.5 Å². The summed E-state index contributed by atoms with van der Waals surface area (Å²) in [6.07, 6.45) is 1.59. The number of benzene rings is 2. The van der Waals surface area contributed by atoms with Gasteiger partial charge in [0.05, 0.1) is 15.5 Å². The van der Waals surface area contributed by atoms with Gasteiger partial charge in [0.25, 0.3) is 17.3 Å². The van der Waals surface area contributed by atoms with Gasteiger partial charge in [0, 0.05) is 49.2 Å². The Labute approximate surface area is 164 Å². The summed E-state index contributed by atoms with van der Waals surface area (Å²) in [6.45, 7) is 0.743. The highest BCUT2D eigenvalue weighted by Gasteiger charge is 2.11. The van der Waals surface area contributed by atoms with E-state index in [1.165, 1.54) is 28.9 Å². The number of carbonyl (C=O) groups excluding carboxylic acids is 1. The minimum absolute atomic E-state index is 0.00691. The second-order valence-corrected chi connectivity index (χ2v) is 5.91. The average molecular weight is 396 g/mol. The van der Waals surface area contributed by atoms with Crippen LogP contribution < -0.4 is 10.6 Å². The number of nitrogens with zero attached hydrogens (tertiary/aromatic N) is 4. The van der Waals surface area contributed by atoms with Gasteiger partial charge in [0.15, 0.2) is 5.69 Å². The standard InChI is InChI=1S/C18H16N6O5/c25-18(20-11-10-19-13-1-3-15(4-2-13)23(26)27)17-9-12-22(21-17)14-5-7-16(8-6-14)24(28)29/h1-9,12,19H,10-11H2,(H,20,25). The van der Waals surface area contributed by atoms with Crippen molar-refractivity contribution in [3.8, 4) is 5.69 Å². The van der Waals surface area contributed by atoms with E-state index >= 15 is 0 Å². The molecule has 0 radical (unpaired) electrons. The molecule has 0 fully saturated rings. The van der Waals surface area contributed by atoms with Gasteiger partial charge < -0.3 is 10.6 Å². The normalized spacial score (nSPS) is 10.3. The fraction of sp³-hybridized carbons (Fsp3) is 0.111. The van der Waals surface area contributed by atoms with Crippen molar-refractivity contribution in [2.24, 2.45) is 0 Å². The molecule has 11 heteroatoms. The molecule has 0 saturated heterocycles. The molecule has 0 unspecified atom stereocenters. The number of anilines is 1. The zero-order valence-electron chi connectivity index (χ0n) is 15.0. The van der Waals surface area contributed by atoms with E-state index < -0.39 is 9.85 Å². The van der Waals surface area contributed by atoms with Crippen LogP contribution >= 0.6 is 0 Å². The second kappa shape index (κ2) is 8.61. The molecule has 0 aliphatic heterocycles. The molecular formula is C18H16N6O5. The smallest absolute Gasteiger partial charge is 0.271 e. The van der Waals surface area contributed by atoms with Crippen LogP contribution in [0, 0.1) is 20.2 Å². The molecule has 0 aliphatic rings. The first-order valence-corrected chi connectivity index (χ1v) is 8.51. The summed E-state index contributed by atoms with van der Waals surface area (Å²) in [5, 5.41) is 31.2. The maximum atomic E-state index is 12.2. The molecule has 148 valence electrons. The molecular weight excluding hydrogens is 380 g/mol. The van der Waals surface area contributed by atoms with Crippen molar-refractivity contribution in [3.63, 3.8) is 0 Å². The summed E-state index contributed by atoms with van der Waals surface area (Å²) in [4.78, 5) is 32.5. The van der Waals surface area contributed by atoms with E-state index in [2.05, 4.69) is 15.7 Å². The maximum absolute atomic E-state index is 12.2. The summed E-state index contributed by atoms with van der Waals surface area (Å²) >= 11 is 0. The van der Waals surface area contributed by atoms with Gasteiger partial charge in [-0.2, -0.15) is 5.10 Å². The van der Waals surface area contributed by atoms with Gasteiger partial charge in [-0.15, -0.1) is 0 Å². The summed E-state index contributed by atoms with van der Waals surface area (Å²) in [5.74, 6) is -0.365. The number of rotatable bonds is 8. The summed E-state index contributed by atoms with van der Waals surface area (Å²) in [6, 6.07) is 13.3. The number of aromatic nitrogens is 2. The number of nitro benzene ring substituents is 2. The topological polar surface area (TPSA) is 145 Å². The van der Waals surface area contributed by atoms with Crippen LogP contribution in [0.5, 0.6) is 0 Å². The minimum atomic E-state index is -0.490. The summed E-state index contributed by atoms with van der Waals surface area (Å²) in [7, 11) is 0. The van der Waals surface area contributed by atoms with E-state index in [9.17, 15) is 25.0 Å². The Morgan fingerprint density at radius 1 is 0.897 bits per heavy atom. The van der Waals surface area contributed by atoms with Gasteiger partial charge in [-0.25, -0.2) is 4.68 Å². The Balaban J connectivity index is 1.50. The molecule has 11 nitrogen and oxygen atoms in total. The second-order valence-electron chi connectivity index (χ2n) is 5.91. The summed E-state index contributed by atoms with van der Waals surface area (Å²) < 4.78 is 1.45. The van der Waals surface area contributed by atoms with Crippen LogP contribution in [0.15, 0.2) is 60.8 Å². The maximum Gasteiger partial charge on any atom is 0.271 e. The third-order valence-corrected chi connectivity index (χ3v) is 3.96. The molecule has 0 bridgehead atoms. The SMILES string of the molecule is O=C(NCCNc1ccc([N+](=O)[O-])cc1)c1ccn(-c2ccc([N+](=O)[O-])cc2)n1.